The molecule has 3 aromatic rings. The topological polar surface area (TPSA) is 82.3 Å². The molecule has 0 aliphatic rings. The molecule has 0 amide bonds. The van der Waals surface area contributed by atoms with Gasteiger partial charge >= 0.3 is 0 Å². The lowest BCUT2D eigenvalue weighted by Crippen LogP contribution is -1.99. The Kier molecular flexibility index (Phi) is 3.78. The van der Waals surface area contributed by atoms with Crippen molar-refractivity contribution in [2.75, 3.05) is 19.0 Å². The average Bonchev–Trinajstić information content (AvgIpc) is 2.91. The molecule has 3 rings (SSSR count). The fourth-order valence-corrected chi connectivity index (χ4v) is 2.18. The lowest BCUT2D eigenvalue weighted by molar-refractivity contribution is 0.311. The molecule has 114 valence electrons. The molecule has 0 radical (unpaired) electrons. The zero-order valence-electron chi connectivity index (χ0n) is 12.6. The highest BCUT2D eigenvalue weighted by Crippen LogP contribution is 2.32. The van der Waals surface area contributed by atoms with Crippen LogP contribution in [0.25, 0.3) is 11.1 Å². The fourth-order valence-electron chi connectivity index (χ4n) is 2.18. The van der Waals surface area contributed by atoms with E-state index in [2.05, 4.69) is 20.4 Å². The standard InChI is InChI=1S/C15H16N4O3/c1-4-21-12-7-10(5-6-11(12)20-3)18-14-13-9(2)19-22-15(13)17-8-16-14/h5-8H,4H2,1-3H3,(H,16,17,18). The third-order valence-corrected chi connectivity index (χ3v) is 3.17. The van der Waals surface area contributed by atoms with Gasteiger partial charge in [-0.25, -0.2) is 4.98 Å². The number of nitrogens with one attached hydrogen (secondary N) is 1. The van der Waals surface area contributed by atoms with Crippen LogP contribution in [0, 0.1) is 6.92 Å². The smallest absolute Gasteiger partial charge is 0.263 e. The van der Waals surface area contributed by atoms with Gasteiger partial charge in [-0.15, -0.1) is 0 Å². The zero-order valence-corrected chi connectivity index (χ0v) is 12.6. The molecule has 0 saturated carbocycles. The summed E-state index contributed by atoms with van der Waals surface area (Å²) in [6, 6.07) is 5.59. The maximum atomic E-state index is 5.57. The van der Waals surface area contributed by atoms with Gasteiger partial charge in [0.15, 0.2) is 11.5 Å². The van der Waals surface area contributed by atoms with Crippen molar-refractivity contribution in [3.05, 3.63) is 30.2 Å². The van der Waals surface area contributed by atoms with Gasteiger partial charge in [0.05, 0.1) is 19.4 Å². The van der Waals surface area contributed by atoms with Crippen molar-refractivity contribution in [3.63, 3.8) is 0 Å². The number of hydrogen-bond acceptors (Lipinski definition) is 7. The van der Waals surface area contributed by atoms with E-state index in [1.54, 1.807) is 7.11 Å². The number of fused-ring (bicyclic) bond motifs is 1. The summed E-state index contributed by atoms with van der Waals surface area (Å²) in [4.78, 5) is 8.31. The van der Waals surface area contributed by atoms with Crippen LogP contribution in [-0.2, 0) is 0 Å². The Hall–Kier alpha value is -2.83. The van der Waals surface area contributed by atoms with E-state index in [0.29, 0.717) is 29.6 Å². The molecule has 0 aliphatic carbocycles. The Morgan fingerprint density at radius 2 is 2.09 bits per heavy atom. The molecule has 0 bridgehead atoms. The molecule has 1 aromatic carbocycles. The van der Waals surface area contributed by atoms with E-state index in [1.165, 1.54) is 6.33 Å². The first-order valence-electron chi connectivity index (χ1n) is 6.87. The van der Waals surface area contributed by atoms with E-state index < -0.39 is 0 Å². The quantitative estimate of drug-likeness (QED) is 0.775. The second kappa shape index (κ2) is 5.88. The summed E-state index contributed by atoms with van der Waals surface area (Å²) in [5, 5.41) is 7.91. The Balaban J connectivity index is 1.98. The highest BCUT2D eigenvalue weighted by Gasteiger charge is 2.13. The predicted octanol–water partition coefficient (Wildman–Crippen LogP) is 3.08. The van der Waals surface area contributed by atoms with Gasteiger partial charge in [0.2, 0.25) is 0 Å². The molecule has 1 N–H and O–H groups in total. The Morgan fingerprint density at radius 1 is 1.23 bits per heavy atom. The SMILES string of the molecule is CCOc1cc(Nc2ncnc3onc(C)c23)ccc1OC. The molecule has 0 saturated heterocycles. The van der Waals surface area contributed by atoms with Gasteiger partial charge in [0, 0.05) is 11.8 Å². The number of rotatable bonds is 5. The number of nitrogens with zero attached hydrogens (tertiary/aromatic N) is 3. The predicted molar refractivity (Wildman–Crippen MR) is 81.8 cm³/mol. The molecule has 0 unspecified atom stereocenters. The summed E-state index contributed by atoms with van der Waals surface area (Å²) >= 11 is 0. The van der Waals surface area contributed by atoms with Gasteiger partial charge in [-0.1, -0.05) is 5.16 Å². The van der Waals surface area contributed by atoms with Crippen LogP contribution in [-0.4, -0.2) is 28.8 Å². The summed E-state index contributed by atoms with van der Waals surface area (Å²) in [5.74, 6) is 1.99. The Labute approximate surface area is 127 Å². The van der Waals surface area contributed by atoms with E-state index in [1.807, 2.05) is 32.0 Å². The third kappa shape index (κ3) is 2.52. The van der Waals surface area contributed by atoms with Crippen molar-refractivity contribution in [3.8, 4) is 11.5 Å². The first-order valence-corrected chi connectivity index (χ1v) is 6.87. The molecular formula is C15H16N4O3. The lowest BCUT2D eigenvalue weighted by Gasteiger charge is -2.12. The van der Waals surface area contributed by atoms with Gasteiger partial charge in [-0.3, -0.25) is 0 Å². The van der Waals surface area contributed by atoms with Crippen LogP contribution < -0.4 is 14.8 Å². The van der Waals surface area contributed by atoms with Crippen molar-refractivity contribution in [1.82, 2.24) is 15.1 Å². The second-order valence-electron chi connectivity index (χ2n) is 4.59. The van der Waals surface area contributed by atoms with Gasteiger partial charge in [0.1, 0.15) is 17.5 Å². The molecule has 0 spiro atoms. The minimum Gasteiger partial charge on any atom is -0.493 e. The third-order valence-electron chi connectivity index (χ3n) is 3.17. The highest BCUT2D eigenvalue weighted by molar-refractivity contribution is 5.89. The van der Waals surface area contributed by atoms with Gasteiger partial charge in [-0.2, -0.15) is 4.98 Å². The van der Waals surface area contributed by atoms with Crippen molar-refractivity contribution < 1.29 is 14.0 Å². The van der Waals surface area contributed by atoms with E-state index in [-0.39, 0.29) is 0 Å². The normalized spacial score (nSPS) is 10.7. The molecule has 0 aliphatic heterocycles. The summed E-state index contributed by atoms with van der Waals surface area (Å²) in [5.41, 5.74) is 2.01. The highest BCUT2D eigenvalue weighted by atomic mass is 16.5. The van der Waals surface area contributed by atoms with Crippen molar-refractivity contribution in [2.45, 2.75) is 13.8 Å². The van der Waals surface area contributed by atoms with Crippen LogP contribution in [0.2, 0.25) is 0 Å². The summed E-state index contributed by atoms with van der Waals surface area (Å²) in [7, 11) is 1.61. The minimum atomic E-state index is 0.452. The number of aromatic nitrogens is 3. The molecule has 0 atom stereocenters. The average molecular weight is 300 g/mol. The van der Waals surface area contributed by atoms with Gasteiger partial charge in [-0.05, 0) is 26.0 Å². The first kappa shape index (κ1) is 14.1. The maximum absolute atomic E-state index is 5.57. The van der Waals surface area contributed by atoms with Crippen LogP contribution in [0.5, 0.6) is 11.5 Å². The van der Waals surface area contributed by atoms with Crippen molar-refractivity contribution >= 4 is 22.6 Å². The minimum absolute atomic E-state index is 0.452. The van der Waals surface area contributed by atoms with E-state index >= 15 is 0 Å². The molecule has 2 aromatic heterocycles. The van der Waals surface area contributed by atoms with Gasteiger partial charge < -0.3 is 19.3 Å². The molecule has 7 heteroatoms. The number of ether oxygens (including phenoxy) is 2. The van der Waals surface area contributed by atoms with E-state index in [4.69, 9.17) is 14.0 Å². The number of methoxy groups -OCH3 is 1. The zero-order chi connectivity index (χ0) is 15.5. The number of aryl methyl sites for hydroxylation is 1. The summed E-state index contributed by atoms with van der Waals surface area (Å²) in [6.45, 7) is 4.33. The maximum Gasteiger partial charge on any atom is 0.263 e. The number of anilines is 2. The van der Waals surface area contributed by atoms with Gasteiger partial charge in [0.25, 0.3) is 5.71 Å². The van der Waals surface area contributed by atoms with Crippen molar-refractivity contribution in [1.29, 1.82) is 0 Å². The number of benzene rings is 1. The molecule has 7 nitrogen and oxygen atoms in total. The van der Waals surface area contributed by atoms with E-state index in [0.717, 1.165) is 16.8 Å². The Bertz CT molecular complexity index is 801. The summed E-state index contributed by atoms with van der Waals surface area (Å²) < 4.78 is 16.0. The number of hydrogen-bond donors (Lipinski definition) is 1. The molecule has 22 heavy (non-hydrogen) atoms. The van der Waals surface area contributed by atoms with Crippen LogP contribution in [0.1, 0.15) is 12.6 Å². The Morgan fingerprint density at radius 3 is 2.86 bits per heavy atom. The largest absolute Gasteiger partial charge is 0.493 e. The molecule has 0 fully saturated rings. The van der Waals surface area contributed by atoms with Crippen molar-refractivity contribution in [2.24, 2.45) is 0 Å². The first-order chi connectivity index (χ1) is 10.7. The van der Waals surface area contributed by atoms with Crippen LogP contribution in [0.15, 0.2) is 29.0 Å². The van der Waals surface area contributed by atoms with E-state index in [9.17, 15) is 0 Å². The fraction of sp³-hybridized carbons (Fsp3) is 0.267. The summed E-state index contributed by atoms with van der Waals surface area (Å²) in [6.07, 6.45) is 1.43. The monoisotopic (exact) mass is 300 g/mol. The van der Waals surface area contributed by atoms with Crippen LogP contribution in [0.4, 0.5) is 11.5 Å². The lowest BCUT2D eigenvalue weighted by atomic mass is 10.2. The molecular weight excluding hydrogens is 284 g/mol. The second-order valence-corrected chi connectivity index (χ2v) is 4.59. The van der Waals surface area contributed by atoms with Crippen LogP contribution >= 0.6 is 0 Å². The van der Waals surface area contributed by atoms with Crippen LogP contribution in [0.3, 0.4) is 0 Å². The molecule has 2 heterocycles.